The maximum absolute atomic E-state index is 13.4. The van der Waals surface area contributed by atoms with Crippen molar-refractivity contribution in [2.45, 2.75) is 32.6 Å². The van der Waals surface area contributed by atoms with Crippen molar-refractivity contribution in [3.05, 3.63) is 35.4 Å². The summed E-state index contributed by atoms with van der Waals surface area (Å²) in [4.78, 5) is 0. The van der Waals surface area contributed by atoms with Crippen LogP contribution in [0.5, 0.6) is 0 Å². The maximum Gasteiger partial charge on any atom is 0.129 e. The molecule has 1 aromatic carbocycles. The number of rotatable bonds is 6. The smallest absolute Gasteiger partial charge is 0.129 e. The van der Waals surface area contributed by atoms with Gasteiger partial charge in [-0.3, -0.25) is 0 Å². The van der Waals surface area contributed by atoms with Gasteiger partial charge in [-0.15, -0.1) is 0 Å². The SMILES string of the molecule is CCCNCCC(C)c1c(F)cccc1F. The van der Waals surface area contributed by atoms with Crippen LogP contribution in [0.2, 0.25) is 0 Å². The van der Waals surface area contributed by atoms with Gasteiger partial charge in [-0.25, -0.2) is 8.78 Å². The minimum atomic E-state index is -0.442. The summed E-state index contributed by atoms with van der Waals surface area (Å²) in [5, 5.41) is 3.23. The van der Waals surface area contributed by atoms with E-state index in [9.17, 15) is 8.78 Å². The third-order valence-electron chi connectivity index (χ3n) is 2.67. The van der Waals surface area contributed by atoms with Gasteiger partial charge < -0.3 is 5.32 Å². The molecule has 0 spiro atoms. The van der Waals surface area contributed by atoms with E-state index in [1.165, 1.54) is 18.2 Å². The maximum atomic E-state index is 13.4. The standard InChI is InChI=1S/C13H19F2N/c1-3-8-16-9-7-10(2)13-11(14)5-4-6-12(13)15/h4-6,10,16H,3,7-9H2,1-2H3. The quantitative estimate of drug-likeness (QED) is 0.734. The summed E-state index contributed by atoms with van der Waals surface area (Å²) in [6.45, 7) is 5.69. The molecule has 0 aliphatic heterocycles. The predicted octanol–water partition coefficient (Wildman–Crippen LogP) is 3.46. The summed E-state index contributed by atoms with van der Waals surface area (Å²) in [5.74, 6) is -0.975. The Morgan fingerprint density at radius 1 is 1.19 bits per heavy atom. The van der Waals surface area contributed by atoms with Gasteiger partial charge in [0.1, 0.15) is 11.6 Å². The van der Waals surface area contributed by atoms with Crippen LogP contribution < -0.4 is 5.32 Å². The van der Waals surface area contributed by atoms with Gasteiger partial charge in [0, 0.05) is 5.56 Å². The third-order valence-corrected chi connectivity index (χ3v) is 2.67. The molecule has 0 saturated carbocycles. The molecule has 0 aliphatic rings. The lowest BCUT2D eigenvalue weighted by Crippen LogP contribution is -2.18. The van der Waals surface area contributed by atoms with E-state index in [-0.39, 0.29) is 11.5 Å². The molecule has 0 heterocycles. The van der Waals surface area contributed by atoms with Crippen LogP contribution in [0.3, 0.4) is 0 Å². The Morgan fingerprint density at radius 3 is 2.38 bits per heavy atom. The first-order valence-electron chi connectivity index (χ1n) is 5.81. The lowest BCUT2D eigenvalue weighted by molar-refractivity contribution is 0.509. The second kappa shape index (κ2) is 6.59. The molecule has 1 aromatic rings. The molecule has 1 nitrogen and oxygen atoms in total. The largest absolute Gasteiger partial charge is 0.317 e. The molecule has 1 N–H and O–H groups in total. The lowest BCUT2D eigenvalue weighted by Gasteiger charge is -2.14. The Bertz CT molecular complexity index is 305. The van der Waals surface area contributed by atoms with Gasteiger partial charge >= 0.3 is 0 Å². The van der Waals surface area contributed by atoms with Crippen molar-refractivity contribution in [1.29, 1.82) is 0 Å². The van der Waals surface area contributed by atoms with Crippen molar-refractivity contribution in [3.8, 4) is 0 Å². The Balaban J connectivity index is 2.55. The van der Waals surface area contributed by atoms with Crippen molar-refractivity contribution in [2.75, 3.05) is 13.1 Å². The summed E-state index contributed by atoms with van der Waals surface area (Å²) in [6.07, 6.45) is 1.82. The first kappa shape index (κ1) is 13.1. The number of benzene rings is 1. The van der Waals surface area contributed by atoms with E-state index >= 15 is 0 Å². The van der Waals surface area contributed by atoms with Gasteiger partial charge in [0.25, 0.3) is 0 Å². The van der Waals surface area contributed by atoms with E-state index in [4.69, 9.17) is 0 Å². The van der Waals surface area contributed by atoms with Crippen LogP contribution in [0.1, 0.15) is 38.2 Å². The zero-order chi connectivity index (χ0) is 12.0. The molecule has 16 heavy (non-hydrogen) atoms. The van der Waals surface area contributed by atoms with Crippen molar-refractivity contribution < 1.29 is 8.78 Å². The van der Waals surface area contributed by atoms with Gasteiger partial charge in [-0.2, -0.15) is 0 Å². The summed E-state index contributed by atoms with van der Waals surface area (Å²) in [7, 11) is 0. The van der Waals surface area contributed by atoms with Crippen molar-refractivity contribution >= 4 is 0 Å². The monoisotopic (exact) mass is 227 g/mol. The normalized spacial score (nSPS) is 12.8. The second-order valence-electron chi connectivity index (χ2n) is 4.08. The molecule has 1 atom stereocenters. The molecule has 1 unspecified atom stereocenters. The van der Waals surface area contributed by atoms with Crippen LogP contribution >= 0.6 is 0 Å². The van der Waals surface area contributed by atoms with Crippen LogP contribution in [-0.2, 0) is 0 Å². The van der Waals surface area contributed by atoms with E-state index in [1.54, 1.807) is 0 Å². The average Bonchev–Trinajstić information content (AvgIpc) is 2.24. The number of hydrogen-bond acceptors (Lipinski definition) is 1. The van der Waals surface area contributed by atoms with Gasteiger partial charge in [0.05, 0.1) is 0 Å². The Labute approximate surface area is 95.9 Å². The molecule has 0 aliphatic carbocycles. The molecule has 0 fully saturated rings. The lowest BCUT2D eigenvalue weighted by atomic mass is 9.96. The van der Waals surface area contributed by atoms with E-state index in [0.29, 0.717) is 0 Å². The van der Waals surface area contributed by atoms with Gasteiger partial charge in [-0.1, -0.05) is 19.9 Å². The van der Waals surface area contributed by atoms with Gasteiger partial charge in [-0.05, 0) is 44.0 Å². The van der Waals surface area contributed by atoms with Crippen LogP contribution in [0, 0.1) is 11.6 Å². The molecule has 0 aromatic heterocycles. The molecule has 3 heteroatoms. The summed E-state index contributed by atoms with van der Waals surface area (Å²) in [5.41, 5.74) is 0.209. The minimum Gasteiger partial charge on any atom is -0.317 e. The fourth-order valence-corrected chi connectivity index (χ4v) is 1.75. The Kier molecular flexibility index (Phi) is 5.39. The highest BCUT2D eigenvalue weighted by Crippen LogP contribution is 2.24. The summed E-state index contributed by atoms with van der Waals surface area (Å²) >= 11 is 0. The zero-order valence-corrected chi connectivity index (χ0v) is 9.89. The Hall–Kier alpha value is -0.960. The number of nitrogens with one attached hydrogen (secondary N) is 1. The van der Waals surface area contributed by atoms with Crippen molar-refractivity contribution in [3.63, 3.8) is 0 Å². The summed E-state index contributed by atoms with van der Waals surface area (Å²) in [6, 6.07) is 4.03. The molecule has 90 valence electrons. The molecule has 1 rings (SSSR count). The third kappa shape index (κ3) is 3.56. The topological polar surface area (TPSA) is 12.0 Å². The van der Waals surface area contributed by atoms with Gasteiger partial charge in [0.15, 0.2) is 0 Å². The first-order chi connectivity index (χ1) is 7.66. The molecule has 0 amide bonds. The van der Waals surface area contributed by atoms with Crippen LogP contribution in [0.25, 0.3) is 0 Å². The van der Waals surface area contributed by atoms with Crippen LogP contribution in [0.4, 0.5) is 8.78 Å². The zero-order valence-electron chi connectivity index (χ0n) is 9.89. The fourth-order valence-electron chi connectivity index (χ4n) is 1.75. The van der Waals surface area contributed by atoms with Crippen LogP contribution in [-0.4, -0.2) is 13.1 Å². The molecule has 0 saturated heterocycles. The van der Waals surface area contributed by atoms with E-state index in [2.05, 4.69) is 12.2 Å². The first-order valence-corrected chi connectivity index (χ1v) is 5.81. The van der Waals surface area contributed by atoms with E-state index < -0.39 is 11.6 Å². The molecular formula is C13H19F2N. The molecule has 0 bridgehead atoms. The fraction of sp³-hybridized carbons (Fsp3) is 0.538. The predicted molar refractivity (Wildman–Crippen MR) is 62.6 cm³/mol. The van der Waals surface area contributed by atoms with Crippen molar-refractivity contribution in [2.24, 2.45) is 0 Å². The van der Waals surface area contributed by atoms with Crippen molar-refractivity contribution in [1.82, 2.24) is 5.32 Å². The van der Waals surface area contributed by atoms with E-state index in [0.717, 1.165) is 25.9 Å². The number of hydrogen-bond donors (Lipinski definition) is 1. The highest BCUT2D eigenvalue weighted by molar-refractivity contribution is 5.23. The summed E-state index contributed by atoms with van der Waals surface area (Å²) < 4.78 is 26.8. The van der Waals surface area contributed by atoms with E-state index in [1.807, 2.05) is 6.92 Å². The Morgan fingerprint density at radius 2 is 1.81 bits per heavy atom. The highest BCUT2D eigenvalue weighted by Gasteiger charge is 2.15. The highest BCUT2D eigenvalue weighted by atomic mass is 19.1. The molecule has 0 radical (unpaired) electrons. The minimum absolute atomic E-state index is 0.0921. The molecular weight excluding hydrogens is 208 g/mol. The van der Waals surface area contributed by atoms with Crippen LogP contribution in [0.15, 0.2) is 18.2 Å². The van der Waals surface area contributed by atoms with Gasteiger partial charge in [0.2, 0.25) is 0 Å². The number of halogens is 2. The average molecular weight is 227 g/mol. The second-order valence-corrected chi connectivity index (χ2v) is 4.08.